The Morgan fingerprint density at radius 1 is 1.37 bits per heavy atom. The minimum Gasteiger partial charge on any atom is -0.342 e. The van der Waals surface area contributed by atoms with Crippen molar-refractivity contribution in [3.63, 3.8) is 0 Å². The third-order valence-electron chi connectivity index (χ3n) is 3.31. The third kappa shape index (κ3) is 5.49. The Hall–Kier alpha value is -0.610. The molecule has 0 aromatic heterocycles. The van der Waals surface area contributed by atoms with Gasteiger partial charge in [-0.3, -0.25) is 4.79 Å². The highest BCUT2D eigenvalue weighted by atomic mass is 32.2. The van der Waals surface area contributed by atoms with Crippen LogP contribution in [0.4, 0.5) is 0 Å². The smallest absolute Gasteiger partial charge is 0.235 e. The molecule has 2 nitrogen and oxygen atoms in total. The van der Waals surface area contributed by atoms with Crippen LogP contribution < -0.4 is 0 Å². The highest BCUT2D eigenvalue weighted by Gasteiger charge is 2.22. The monoisotopic (exact) mass is 297 g/mol. The average Bonchev–Trinajstić information content (AvgIpc) is 2.44. The van der Waals surface area contributed by atoms with Crippen LogP contribution >= 0.6 is 24.4 Å². The molecule has 0 spiro atoms. The molecule has 0 aliphatic heterocycles. The number of thiol groups is 1. The predicted octanol–water partition coefficient (Wildman–Crippen LogP) is 3.13. The van der Waals surface area contributed by atoms with Crippen molar-refractivity contribution in [2.45, 2.75) is 31.1 Å². The van der Waals surface area contributed by atoms with Crippen molar-refractivity contribution in [2.24, 2.45) is 0 Å². The minimum absolute atomic E-state index is 0.112. The normalized spacial score (nSPS) is 13.9. The maximum absolute atomic E-state index is 12.3. The van der Waals surface area contributed by atoms with Gasteiger partial charge < -0.3 is 4.90 Å². The minimum atomic E-state index is -0.260. The van der Waals surface area contributed by atoms with E-state index in [1.807, 2.05) is 54.0 Å². The van der Waals surface area contributed by atoms with E-state index in [2.05, 4.69) is 25.8 Å². The first-order valence-electron chi connectivity index (χ1n) is 6.54. The van der Waals surface area contributed by atoms with E-state index in [1.165, 1.54) is 0 Å². The molecule has 1 amide bonds. The second kappa shape index (κ2) is 8.54. The highest BCUT2D eigenvalue weighted by molar-refractivity contribution is 7.98. The third-order valence-corrected chi connectivity index (χ3v) is 4.35. The van der Waals surface area contributed by atoms with Gasteiger partial charge in [0.2, 0.25) is 5.91 Å². The van der Waals surface area contributed by atoms with Gasteiger partial charge in [-0.05, 0) is 37.3 Å². The van der Waals surface area contributed by atoms with Gasteiger partial charge in [0.25, 0.3) is 0 Å². The summed E-state index contributed by atoms with van der Waals surface area (Å²) in [4.78, 5) is 14.1. The molecule has 1 aromatic rings. The van der Waals surface area contributed by atoms with Crippen LogP contribution in [-0.4, -0.2) is 41.2 Å². The number of benzene rings is 1. The number of rotatable bonds is 7. The molecule has 0 aliphatic carbocycles. The van der Waals surface area contributed by atoms with E-state index in [-0.39, 0.29) is 17.2 Å². The number of carbonyl (C=O) groups is 1. The zero-order valence-electron chi connectivity index (χ0n) is 11.9. The standard InChI is InChI=1S/C15H23NOS2/c1-12(9-10-19-3)16(2)15(17)14(18)11-13-7-5-4-6-8-13/h4-8,12,14,18H,9-11H2,1-3H3. The van der Waals surface area contributed by atoms with Crippen LogP contribution in [0.2, 0.25) is 0 Å². The molecule has 0 heterocycles. The van der Waals surface area contributed by atoms with Crippen molar-refractivity contribution in [2.75, 3.05) is 19.1 Å². The van der Waals surface area contributed by atoms with Crippen LogP contribution in [0, 0.1) is 0 Å². The van der Waals surface area contributed by atoms with E-state index in [0.717, 1.165) is 17.7 Å². The van der Waals surface area contributed by atoms with E-state index in [0.29, 0.717) is 6.42 Å². The molecular weight excluding hydrogens is 274 g/mol. The van der Waals surface area contributed by atoms with Gasteiger partial charge in [0, 0.05) is 13.1 Å². The predicted molar refractivity (Wildman–Crippen MR) is 88.2 cm³/mol. The van der Waals surface area contributed by atoms with E-state index in [1.54, 1.807) is 0 Å². The van der Waals surface area contributed by atoms with Gasteiger partial charge in [-0.15, -0.1) is 0 Å². The lowest BCUT2D eigenvalue weighted by Crippen LogP contribution is -2.40. The van der Waals surface area contributed by atoms with Crippen LogP contribution in [0.15, 0.2) is 30.3 Å². The number of thioether (sulfide) groups is 1. The fourth-order valence-electron chi connectivity index (χ4n) is 1.86. The van der Waals surface area contributed by atoms with E-state index in [4.69, 9.17) is 0 Å². The molecule has 0 saturated heterocycles. The Bertz CT molecular complexity index is 383. The molecule has 0 fully saturated rings. The number of hydrogen-bond donors (Lipinski definition) is 1. The number of amides is 1. The second-order valence-electron chi connectivity index (χ2n) is 4.79. The van der Waals surface area contributed by atoms with Gasteiger partial charge in [-0.2, -0.15) is 24.4 Å². The molecule has 0 aliphatic rings. The number of hydrogen-bond acceptors (Lipinski definition) is 3. The van der Waals surface area contributed by atoms with Crippen molar-refractivity contribution in [1.29, 1.82) is 0 Å². The maximum atomic E-state index is 12.3. The van der Waals surface area contributed by atoms with Crippen LogP contribution in [0.1, 0.15) is 18.9 Å². The average molecular weight is 297 g/mol. The largest absolute Gasteiger partial charge is 0.342 e. The summed E-state index contributed by atoms with van der Waals surface area (Å²) in [6, 6.07) is 10.3. The van der Waals surface area contributed by atoms with Crippen LogP contribution in [0.25, 0.3) is 0 Å². The Labute approximate surface area is 126 Å². The maximum Gasteiger partial charge on any atom is 0.235 e. The van der Waals surface area contributed by atoms with Crippen molar-refractivity contribution < 1.29 is 4.79 Å². The first kappa shape index (κ1) is 16.4. The summed E-state index contributed by atoms with van der Waals surface area (Å²) in [5, 5.41) is -0.260. The van der Waals surface area contributed by atoms with Gasteiger partial charge in [-0.25, -0.2) is 0 Å². The van der Waals surface area contributed by atoms with Crippen LogP contribution in [-0.2, 0) is 11.2 Å². The van der Waals surface area contributed by atoms with Crippen molar-refractivity contribution in [3.05, 3.63) is 35.9 Å². The van der Waals surface area contributed by atoms with Crippen molar-refractivity contribution >= 4 is 30.3 Å². The first-order valence-corrected chi connectivity index (χ1v) is 8.45. The lowest BCUT2D eigenvalue weighted by Gasteiger charge is -2.27. The molecule has 106 valence electrons. The summed E-state index contributed by atoms with van der Waals surface area (Å²) < 4.78 is 0. The number of nitrogens with zero attached hydrogens (tertiary/aromatic N) is 1. The Morgan fingerprint density at radius 2 is 2.00 bits per heavy atom. The molecule has 2 atom stereocenters. The quantitative estimate of drug-likeness (QED) is 0.780. The van der Waals surface area contributed by atoms with Gasteiger partial charge >= 0.3 is 0 Å². The summed E-state index contributed by atoms with van der Waals surface area (Å²) in [7, 11) is 1.88. The highest BCUT2D eigenvalue weighted by Crippen LogP contribution is 2.13. The topological polar surface area (TPSA) is 20.3 Å². The molecule has 2 unspecified atom stereocenters. The molecule has 4 heteroatoms. The SMILES string of the molecule is CSCCC(C)N(C)C(=O)C(S)Cc1ccccc1. The molecule has 0 bridgehead atoms. The molecule has 19 heavy (non-hydrogen) atoms. The van der Waals surface area contributed by atoms with Gasteiger partial charge in [-0.1, -0.05) is 30.3 Å². The molecule has 0 N–H and O–H groups in total. The fraction of sp³-hybridized carbons (Fsp3) is 0.533. The summed E-state index contributed by atoms with van der Waals surface area (Å²) in [6.45, 7) is 2.09. The Kier molecular flexibility index (Phi) is 7.39. The van der Waals surface area contributed by atoms with Gasteiger partial charge in [0.05, 0.1) is 5.25 Å². The molecular formula is C15H23NOS2. The van der Waals surface area contributed by atoms with Gasteiger partial charge in [0.1, 0.15) is 0 Å². The first-order chi connectivity index (χ1) is 9.06. The molecule has 1 rings (SSSR count). The van der Waals surface area contributed by atoms with Crippen LogP contribution in [0.5, 0.6) is 0 Å². The van der Waals surface area contributed by atoms with Crippen LogP contribution in [0.3, 0.4) is 0 Å². The van der Waals surface area contributed by atoms with Crippen molar-refractivity contribution in [1.82, 2.24) is 4.90 Å². The number of carbonyl (C=O) groups excluding carboxylic acids is 1. The Balaban J connectivity index is 2.51. The van der Waals surface area contributed by atoms with Crippen molar-refractivity contribution in [3.8, 4) is 0 Å². The zero-order chi connectivity index (χ0) is 14.3. The molecule has 1 aromatic carbocycles. The van der Waals surface area contributed by atoms with Gasteiger partial charge in [0.15, 0.2) is 0 Å². The fourth-order valence-corrected chi connectivity index (χ4v) is 2.83. The molecule has 0 radical (unpaired) electrons. The summed E-state index contributed by atoms with van der Waals surface area (Å²) in [6.07, 6.45) is 3.79. The lowest BCUT2D eigenvalue weighted by atomic mass is 10.1. The second-order valence-corrected chi connectivity index (χ2v) is 6.39. The van der Waals surface area contributed by atoms with E-state index in [9.17, 15) is 4.79 Å². The van der Waals surface area contributed by atoms with E-state index >= 15 is 0 Å². The van der Waals surface area contributed by atoms with E-state index < -0.39 is 0 Å². The Morgan fingerprint density at radius 3 is 2.58 bits per heavy atom. The summed E-state index contributed by atoms with van der Waals surface area (Å²) in [5.41, 5.74) is 1.15. The lowest BCUT2D eigenvalue weighted by molar-refractivity contribution is -0.131. The summed E-state index contributed by atoms with van der Waals surface area (Å²) in [5.74, 6) is 1.19. The summed E-state index contributed by atoms with van der Waals surface area (Å²) >= 11 is 6.28. The molecule has 0 saturated carbocycles. The zero-order valence-corrected chi connectivity index (χ0v) is 13.6.